The molecular formula is C15H14N4NiO3. The van der Waals surface area contributed by atoms with E-state index in [1.807, 2.05) is 0 Å². The van der Waals surface area contributed by atoms with Crippen molar-refractivity contribution in [3.8, 4) is 0 Å². The van der Waals surface area contributed by atoms with Crippen molar-refractivity contribution in [2.45, 2.75) is 0 Å². The van der Waals surface area contributed by atoms with Crippen LogP contribution in [0.5, 0.6) is 0 Å². The average Bonchev–Trinajstić information content (AvgIpc) is 2.51. The number of hydrogen-bond acceptors (Lipinski definition) is 5. The summed E-state index contributed by atoms with van der Waals surface area (Å²) in [5, 5.41) is 0. The first-order valence-corrected chi connectivity index (χ1v) is 6.42. The third-order valence-corrected chi connectivity index (χ3v) is 2.66. The molecule has 7 nitrogen and oxygen atoms in total. The molecule has 0 aliphatic heterocycles. The summed E-state index contributed by atoms with van der Waals surface area (Å²) in [4.78, 5) is 34.3. The zero-order valence-corrected chi connectivity index (χ0v) is 12.8. The largest absolute Gasteiger partial charge is 0.351 e. The summed E-state index contributed by atoms with van der Waals surface area (Å²) in [7, 11) is 0. The van der Waals surface area contributed by atoms with Gasteiger partial charge in [-0.2, -0.15) is 0 Å². The van der Waals surface area contributed by atoms with E-state index in [9.17, 15) is 14.4 Å². The van der Waals surface area contributed by atoms with Crippen LogP contribution in [0, 0.1) is 0 Å². The van der Waals surface area contributed by atoms with E-state index in [4.69, 9.17) is 0 Å². The Kier molecular flexibility index (Phi) is 7.29. The van der Waals surface area contributed by atoms with Gasteiger partial charge in [-0.05, 0) is 24.3 Å². The number of carbonyl (C=O) groups excluding carboxylic acids is 3. The molecule has 0 saturated carbocycles. The third kappa shape index (κ3) is 5.80. The maximum Gasteiger partial charge on any atom is 0.351 e. The Morgan fingerprint density at radius 2 is 1.13 bits per heavy atom. The Morgan fingerprint density at radius 3 is 1.52 bits per heavy atom. The Labute approximate surface area is 142 Å². The van der Waals surface area contributed by atoms with Gasteiger partial charge in [0, 0.05) is 40.0 Å². The van der Waals surface area contributed by atoms with Crippen LogP contribution in [-0.4, -0.2) is 17.6 Å². The van der Waals surface area contributed by atoms with E-state index in [-0.39, 0.29) is 28.1 Å². The molecule has 0 heterocycles. The zero-order chi connectivity index (χ0) is 15.8. The minimum atomic E-state index is -0.584. The first-order chi connectivity index (χ1) is 10.7. The van der Waals surface area contributed by atoms with Gasteiger partial charge < -0.3 is 10.9 Å². The number of amides is 2. The van der Waals surface area contributed by atoms with Crippen molar-refractivity contribution in [2.75, 3.05) is 0 Å². The average molecular weight is 357 g/mol. The topological polar surface area (TPSA) is 99.3 Å². The van der Waals surface area contributed by atoms with E-state index in [0.717, 1.165) is 0 Å². The second kappa shape index (κ2) is 9.22. The number of nitrogens with one attached hydrogen (secondary N) is 4. The van der Waals surface area contributed by atoms with Gasteiger partial charge in [0.1, 0.15) is 0 Å². The molecule has 0 aromatic heterocycles. The molecule has 0 unspecified atom stereocenters. The van der Waals surface area contributed by atoms with Gasteiger partial charge in [0.25, 0.3) is 0 Å². The van der Waals surface area contributed by atoms with E-state index < -0.39 is 6.03 Å². The summed E-state index contributed by atoms with van der Waals surface area (Å²) < 4.78 is 0. The van der Waals surface area contributed by atoms with Crippen LogP contribution in [0.3, 0.4) is 0 Å². The van der Waals surface area contributed by atoms with Crippen molar-refractivity contribution in [1.82, 2.24) is 21.7 Å². The van der Waals surface area contributed by atoms with Gasteiger partial charge in [0.15, 0.2) is 11.6 Å². The molecule has 0 aromatic rings. The molecule has 122 valence electrons. The molecule has 2 aliphatic rings. The second-order valence-electron chi connectivity index (χ2n) is 4.23. The fraction of sp³-hybridized carbons (Fsp3) is 0. The molecule has 23 heavy (non-hydrogen) atoms. The summed E-state index contributed by atoms with van der Waals surface area (Å²) in [6, 6.07) is -0.584. The van der Waals surface area contributed by atoms with E-state index in [1.54, 1.807) is 36.5 Å². The molecular weight excluding hydrogens is 343 g/mol. The first-order valence-electron chi connectivity index (χ1n) is 6.42. The molecule has 4 N–H and O–H groups in total. The van der Waals surface area contributed by atoms with E-state index in [2.05, 4.69) is 21.7 Å². The second-order valence-corrected chi connectivity index (χ2v) is 4.23. The number of urea groups is 1. The Morgan fingerprint density at radius 1 is 0.739 bits per heavy atom. The smallest absolute Gasteiger partial charge is 0.304 e. The Hall–Kier alpha value is -2.86. The fourth-order valence-corrected chi connectivity index (χ4v) is 1.59. The van der Waals surface area contributed by atoms with E-state index in [0.29, 0.717) is 11.1 Å². The van der Waals surface area contributed by atoms with Crippen LogP contribution in [0.15, 0.2) is 72.2 Å². The number of hydrogen-bond donors (Lipinski definition) is 4. The molecule has 2 aliphatic carbocycles. The van der Waals surface area contributed by atoms with Crippen LogP contribution in [0.25, 0.3) is 0 Å². The van der Waals surface area contributed by atoms with Crippen molar-refractivity contribution < 1.29 is 30.9 Å². The molecule has 0 fully saturated rings. The molecule has 0 bridgehead atoms. The first kappa shape index (κ1) is 18.2. The standard InChI is InChI=1S/C15H14N4O3.Ni/c20-13-7-3-1-5-11(13)9-16-18-15(22)19-17-10-12-6-2-4-8-14(12)21;/h1-10,16-17H,(H2,18,19,22);/b11-9-,12-10-;. The van der Waals surface area contributed by atoms with Crippen molar-refractivity contribution >= 4 is 17.6 Å². The van der Waals surface area contributed by atoms with Crippen molar-refractivity contribution in [3.05, 3.63) is 72.2 Å². The third-order valence-electron chi connectivity index (χ3n) is 2.66. The van der Waals surface area contributed by atoms with Gasteiger partial charge in [-0.1, -0.05) is 24.3 Å². The number of ketones is 2. The van der Waals surface area contributed by atoms with E-state index in [1.165, 1.54) is 24.6 Å². The van der Waals surface area contributed by atoms with Gasteiger partial charge in [-0.3, -0.25) is 20.4 Å². The molecule has 8 heteroatoms. The van der Waals surface area contributed by atoms with Crippen molar-refractivity contribution in [1.29, 1.82) is 0 Å². The molecule has 0 radical (unpaired) electrons. The normalized spacial score (nSPS) is 18.8. The van der Waals surface area contributed by atoms with Crippen LogP contribution in [0.1, 0.15) is 0 Å². The van der Waals surface area contributed by atoms with Crippen LogP contribution < -0.4 is 21.7 Å². The summed E-state index contributed by atoms with van der Waals surface area (Å²) in [6.45, 7) is 0. The summed E-state index contributed by atoms with van der Waals surface area (Å²) in [5.41, 5.74) is 10.4. The van der Waals surface area contributed by atoms with Gasteiger partial charge in [0.05, 0.1) is 0 Å². The summed E-state index contributed by atoms with van der Waals surface area (Å²) in [5.74, 6) is -0.313. The molecule has 0 spiro atoms. The SMILES string of the molecule is O=C(NN/C=C1/C=CC=CC1=O)NN/C=C1/C=CC=CC1=O.[Ni]. The van der Waals surface area contributed by atoms with E-state index >= 15 is 0 Å². The monoisotopic (exact) mass is 356 g/mol. The minimum Gasteiger partial charge on any atom is -0.304 e. The van der Waals surface area contributed by atoms with Gasteiger partial charge in [-0.25, -0.2) is 4.79 Å². The maximum atomic E-state index is 11.4. The van der Waals surface area contributed by atoms with Gasteiger partial charge >= 0.3 is 6.03 Å². The van der Waals surface area contributed by atoms with Crippen molar-refractivity contribution in [2.24, 2.45) is 0 Å². The van der Waals surface area contributed by atoms with Gasteiger partial charge in [0.2, 0.25) is 0 Å². The van der Waals surface area contributed by atoms with Crippen molar-refractivity contribution in [3.63, 3.8) is 0 Å². The predicted octanol–water partition coefficient (Wildman–Crippen LogP) is 0.450. The maximum absolute atomic E-state index is 11.4. The van der Waals surface area contributed by atoms with Gasteiger partial charge in [-0.15, -0.1) is 0 Å². The van der Waals surface area contributed by atoms with Crippen LogP contribution in [0.4, 0.5) is 4.79 Å². The quantitative estimate of drug-likeness (QED) is 0.333. The summed E-state index contributed by atoms with van der Waals surface area (Å²) >= 11 is 0. The molecule has 2 rings (SSSR count). The molecule has 0 saturated heterocycles. The molecule has 0 aromatic carbocycles. The predicted molar refractivity (Wildman–Crippen MR) is 80.7 cm³/mol. The number of rotatable bonds is 4. The number of allylic oxidation sites excluding steroid dienone is 10. The minimum absolute atomic E-state index is 0. The number of hydrazine groups is 2. The molecule has 2 amide bonds. The van der Waals surface area contributed by atoms with Crippen LogP contribution >= 0.6 is 0 Å². The fourth-order valence-electron chi connectivity index (χ4n) is 1.59. The molecule has 0 atom stereocenters. The van der Waals surface area contributed by atoms with Crippen LogP contribution in [-0.2, 0) is 26.1 Å². The van der Waals surface area contributed by atoms with Crippen LogP contribution in [0.2, 0.25) is 0 Å². The Bertz CT molecular complexity index is 616. The Balaban J connectivity index is 0.00000264. The summed E-state index contributed by atoms with van der Waals surface area (Å²) in [6.07, 6.45) is 15.5. The zero-order valence-electron chi connectivity index (χ0n) is 11.8. The number of carbonyl (C=O) groups is 3.